The van der Waals surface area contributed by atoms with Crippen LogP contribution in [0.25, 0.3) is 26.1 Å². The molecule has 0 spiro atoms. The van der Waals surface area contributed by atoms with Gasteiger partial charge in [-0.3, -0.25) is 14.0 Å². The molecule has 2 atom stereocenters. The van der Waals surface area contributed by atoms with Crippen LogP contribution in [0.3, 0.4) is 0 Å². The van der Waals surface area contributed by atoms with Crippen LogP contribution in [0, 0.1) is 11.8 Å². The van der Waals surface area contributed by atoms with E-state index in [4.69, 9.17) is 0 Å². The van der Waals surface area contributed by atoms with Crippen LogP contribution < -0.4 is 21.0 Å². The number of anilines is 1. The zero-order valence-corrected chi connectivity index (χ0v) is 21.2. The number of para-hydroxylation sites is 1. The fourth-order valence-electron chi connectivity index (χ4n) is 6.43. The van der Waals surface area contributed by atoms with Crippen LogP contribution in [-0.2, 0) is 0 Å². The molecule has 3 aliphatic rings. The van der Waals surface area contributed by atoms with Gasteiger partial charge in [-0.25, -0.2) is 4.98 Å². The summed E-state index contributed by atoms with van der Waals surface area (Å²) in [5, 5.41) is 6.46. The standard InChI is InChI=1S/C27H30N6O2S/c1-31-12-16-14-32(15-17(16)13-31)19-10-21-24(29-11-19)25(34)23(26(35)30-18-6-8-28-9-7-18)27-33(21)20-4-2-3-5-22(20)36-27/h2-5,10-11,16-18,28H,6-9,12-15H2,1H3,(H,30,35). The highest BCUT2D eigenvalue weighted by Gasteiger charge is 2.39. The molecule has 1 aromatic carbocycles. The van der Waals surface area contributed by atoms with E-state index in [2.05, 4.69) is 49.0 Å². The summed E-state index contributed by atoms with van der Waals surface area (Å²) in [6.07, 6.45) is 3.56. The summed E-state index contributed by atoms with van der Waals surface area (Å²) in [5.74, 6) is 1.06. The van der Waals surface area contributed by atoms with E-state index in [1.165, 1.54) is 11.3 Å². The topological polar surface area (TPSA) is 82.0 Å². The molecular formula is C27H30N6O2S. The van der Waals surface area contributed by atoms with Crippen molar-refractivity contribution < 1.29 is 4.79 Å². The molecule has 3 aromatic heterocycles. The molecule has 186 valence electrons. The number of hydrogen-bond acceptors (Lipinski definition) is 7. The predicted molar refractivity (Wildman–Crippen MR) is 144 cm³/mol. The van der Waals surface area contributed by atoms with Gasteiger partial charge in [0.1, 0.15) is 15.9 Å². The van der Waals surface area contributed by atoms with E-state index in [0.717, 1.165) is 73.5 Å². The summed E-state index contributed by atoms with van der Waals surface area (Å²) in [6, 6.07) is 10.3. The number of likely N-dealkylation sites (tertiary alicyclic amines) is 1. The Balaban J connectivity index is 1.37. The lowest BCUT2D eigenvalue weighted by Gasteiger charge is -2.24. The van der Waals surface area contributed by atoms with Gasteiger partial charge in [-0.2, -0.15) is 0 Å². The van der Waals surface area contributed by atoms with Crippen molar-refractivity contribution in [2.45, 2.75) is 18.9 Å². The second-order valence-electron chi connectivity index (χ2n) is 10.6. The number of fused-ring (bicyclic) bond motifs is 6. The summed E-state index contributed by atoms with van der Waals surface area (Å²) in [4.78, 5) is 37.5. The van der Waals surface area contributed by atoms with Gasteiger partial charge in [0.25, 0.3) is 5.91 Å². The van der Waals surface area contributed by atoms with Gasteiger partial charge in [0.15, 0.2) is 0 Å². The molecule has 0 bridgehead atoms. The minimum absolute atomic E-state index is 0.0762. The molecule has 0 aliphatic carbocycles. The third-order valence-electron chi connectivity index (χ3n) is 8.20. The van der Waals surface area contributed by atoms with Crippen LogP contribution in [0.15, 0.2) is 41.3 Å². The minimum Gasteiger partial charge on any atom is -0.370 e. The van der Waals surface area contributed by atoms with Crippen LogP contribution >= 0.6 is 11.3 Å². The number of piperidine rings is 1. The van der Waals surface area contributed by atoms with Gasteiger partial charge < -0.3 is 20.4 Å². The molecule has 4 aromatic rings. The maximum atomic E-state index is 13.8. The smallest absolute Gasteiger partial charge is 0.258 e. The molecule has 0 radical (unpaired) electrons. The second kappa shape index (κ2) is 8.54. The van der Waals surface area contributed by atoms with Crippen molar-refractivity contribution >= 4 is 49.0 Å². The number of benzene rings is 1. The van der Waals surface area contributed by atoms with Crippen molar-refractivity contribution in [1.29, 1.82) is 0 Å². The zero-order chi connectivity index (χ0) is 24.4. The lowest BCUT2D eigenvalue weighted by molar-refractivity contribution is 0.0930. The Labute approximate surface area is 212 Å². The molecule has 9 heteroatoms. The lowest BCUT2D eigenvalue weighted by atomic mass is 10.0. The van der Waals surface area contributed by atoms with Crippen LogP contribution in [0.5, 0.6) is 0 Å². The Morgan fingerprint density at radius 3 is 2.61 bits per heavy atom. The number of carbonyl (C=O) groups is 1. The fourth-order valence-corrected chi connectivity index (χ4v) is 7.62. The molecule has 3 fully saturated rings. The van der Waals surface area contributed by atoms with E-state index in [1.807, 2.05) is 24.4 Å². The minimum atomic E-state index is -0.291. The van der Waals surface area contributed by atoms with E-state index in [1.54, 1.807) is 0 Å². The maximum Gasteiger partial charge on any atom is 0.258 e. The lowest BCUT2D eigenvalue weighted by Crippen LogP contribution is -2.44. The molecule has 0 saturated carbocycles. The Kier molecular flexibility index (Phi) is 5.27. The molecule has 2 unspecified atom stereocenters. The van der Waals surface area contributed by atoms with Gasteiger partial charge in [-0.05, 0) is 63.0 Å². The zero-order valence-electron chi connectivity index (χ0n) is 20.4. The normalized spacial score (nSPS) is 23.2. The van der Waals surface area contributed by atoms with Gasteiger partial charge >= 0.3 is 0 Å². The van der Waals surface area contributed by atoms with Crippen molar-refractivity contribution in [1.82, 2.24) is 24.9 Å². The highest BCUT2D eigenvalue weighted by atomic mass is 32.1. The van der Waals surface area contributed by atoms with E-state index >= 15 is 0 Å². The van der Waals surface area contributed by atoms with E-state index in [-0.39, 0.29) is 22.9 Å². The quantitative estimate of drug-likeness (QED) is 0.448. The Bertz CT molecular complexity index is 1540. The van der Waals surface area contributed by atoms with E-state index in [9.17, 15) is 9.59 Å². The van der Waals surface area contributed by atoms with Crippen molar-refractivity contribution in [2.24, 2.45) is 11.8 Å². The van der Waals surface area contributed by atoms with Crippen LogP contribution in [0.2, 0.25) is 0 Å². The highest BCUT2D eigenvalue weighted by molar-refractivity contribution is 7.24. The number of amides is 1. The maximum absolute atomic E-state index is 13.8. The van der Waals surface area contributed by atoms with Gasteiger partial charge in [0, 0.05) is 32.2 Å². The second-order valence-corrected chi connectivity index (χ2v) is 11.7. The predicted octanol–water partition coefficient (Wildman–Crippen LogP) is 2.54. The number of carbonyl (C=O) groups excluding carboxylic acids is 1. The number of rotatable bonds is 3. The summed E-state index contributed by atoms with van der Waals surface area (Å²) in [5.41, 5.74) is 3.11. The van der Waals surface area contributed by atoms with Crippen LogP contribution in [0.4, 0.5) is 5.69 Å². The first-order chi connectivity index (χ1) is 17.6. The Morgan fingerprint density at radius 1 is 1.08 bits per heavy atom. The van der Waals surface area contributed by atoms with Crippen molar-refractivity contribution in [3.8, 4) is 0 Å². The summed E-state index contributed by atoms with van der Waals surface area (Å²) in [6.45, 7) is 6.05. The highest BCUT2D eigenvalue weighted by Crippen LogP contribution is 2.35. The Hall–Kier alpha value is -3.01. The van der Waals surface area contributed by atoms with E-state index < -0.39 is 0 Å². The third-order valence-corrected chi connectivity index (χ3v) is 9.35. The van der Waals surface area contributed by atoms with Crippen molar-refractivity contribution in [3.63, 3.8) is 0 Å². The first-order valence-corrected chi connectivity index (χ1v) is 13.7. The Morgan fingerprint density at radius 2 is 1.83 bits per heavy atom. The van der Waals surface area contributed by atoms with E-state index in [0.29, 0.717) is 22.2 Å². The number of hydrogen-bond donors (Lipinski definition) is 2. The van der Waals surface area contributed by atoms with Gasteiger partial charge in [0.2, 0.25) is 5.43 Å². The molecule has 6 heterocycles. The van der Waals surface area contributed by atoms with Crippen molar-refractivity contribution in [2.75, 3.05) is 51.2 Å². The average molecular weight is 503 g/mol. The number of nitrogens with one attached hydrogen (secondary N) is 2. The molecule has 1 amide bonds. The molecular weight excluding hydrogens is 472 g/mol. The molecule has 3 aliphatic heterocycles. The molecule has 7 rings (SSSR count). The summed E-state index contributed by atoms with van der Waals surface area (Å²) < 4.78 is 3.12. The largest absolute Gasteiger partial charge is 0.370 e. The number of nitrogens with zero attached hydrogens (tertiary/aromatic N) is 4. The number of aromatic nitrogens is 2. The van der Waals surface area contributed by atoms with Gasteiger partial charge in [0.05, 0.1) is 27.6 Å². The summed E-state index contributed by atoms with van der Waals surface area (Å²) >= 11 is 1.50. The SMILES string of the molecule is CN1CC2CN(c3cnc4c(=O)c(C(=O)NC5CCNCC5)c5sc6ccccc6n5c4c3)CC2C1. The monoisotopic (exact) mass is 502 g/mol. The number of thiazole rings is 1. The third kappa shape index (κ3) is 3.52. The van der Waals surface area contributed by atoms with Gasteiger partial charge in [-0.15, -0.1) is 11.3 Å². The van der Waals surface area contributed by atoms with Crippen LogP contribution in [0.1, 0.15) is 23.2 Å². The van der Waals surface area contributed by atoms with Gasteiger partial charge in [-0.1, -0.05) is 12.1 Å². The molecule has 2 N–H and O–H groups in total. The average Bonchev–Trinajstić information content (AvgIpc) is 3.55. The van der Waals surface area contributed by atoms with Crippen molar-refractivity contribution in [3.05, 3.63) is 52.3 Å². The summed E-state index contributed by atoms with van der Waals surface area (Å²) in [7, 11) is 2.20. The first kappa shape index (κ1) is 22.2. The molecule has 8 nitrogen and oxygen atoms in total. The molecule has 36 heavy (non-hydrogen) atoms. The first-order valence-electron chi connectivity index (χ1n) is 12.9. The molecule has 3 saturated heterocycles. The number of pyridine rings is 2. The fraction of sp³-hybridized carbons (Fsp3) is 0.444. The van der Waals surface area contributed by atoms with Crippen LogP contribution in [-0.4, -0.2) is 72.5 Å².